The first-order valence-corrected chi connectivity index (χ1v) is 47.7. The molecule has 0 aliphatic heterocycles. The van der Waals surface area contributed by atoms with Crippen LogP contribution in [0.25, 0.3) is 0 Å². The maximum Gasteiger partial charge on any atom is 0.472 e. The van der Waals surface area contributed by atoms with Crippen LogP contribution in [0.4, 0.5) is 0 Å². The van der Waals surface area contributed by atoms with Crippen molar-refractivity contribution in [2.24, 2.45) is 23.7 Å². The van der Waals surface area contributed by atoms with Crippen molar-refractivity contribution in [1.29, 1.82) is 0 Å². The molecule has 0 radical (unpaired) electrons. The molecule has 6 atom stereocenters. The van der Waals surface area contributed by atoms with Crippen molar-refractivity contribution in [3.8, 4) is 0 Å². The van der Waals surface area contributed by atoms with Crippen molar-refractivity contribution in [2.75, 3.05) is 39.6 Å². The lowest BCUT2D eigenvalue weighted by Crippen LogP contribution is -2.30. The highest BCUT2D eigenvalue weighted by molar-refractivity contribution is 7.47. The number of rotatable bonds is 84. The largest absolute Gasteiger partial charge is 0.472 e. The minimum Gasteiger partial charge on any atom is -0.462 e. The van der Waals surface area contributed by atoms with E-state index in [4.69, 9.17) is 37.0 Å². The zero-order valence-electron chi connectivity index (χ0n) is 70.1. The van der Waals surface area contributed by atoms with Crippen molar-refractivity contribution < 1.29 is 80.2 Å². The highest BCUT2D eigenvalue weighted by Crippen LogP contribution is 2.45. The Morgan fingerprint density at radius 3 is 0.670 bits per heavy atom. The number of hydrogen-bond acceptors (Lipinski definition) is 15. The van der Waals surface area contributed by atoms with Gasteiger partial charge in [0, 0.05) is 25.7 Å². The number of esters is 4. The van der Waals surface area contributed by atoms with Gasteiger partial charge in [0.1, 0.15) is 19.3 Å². The summed E-state index contributed by atoms with van der Waals surface area (Å²) in [6, 6.07) is 0. The molecule has 0 spiro atoms. The smallest absolute Gasteiger partial charge is 0.462 e. The Bertz CT molecular complexity index is 2060. The zero-order valence-corrected chi connectivity index (χ0v) is 71.9. The van der Waals surface area contributed by atoms with Gasteiger partial charge in [0.05, 0.1) is 26.4 Å². The molecule has 0 aromatic carbocycles. The standard InChI is InChI=1S/C87H170O17P2/c1-9-80(8)66-58-50-42-34-28-21-17-12-10-11-13-18-22-30-36-44-53-61-70-87(92)104-83(74-98-85(90)68-60-52-46-38-41-49-57-65-79(6)7)76-102-106(95,96)100-72-81(88)71-99-105(93,94)101-75-82(73-97-84(89)67-59-51-43-35-29-25-24-27-33-40-48-56-64-78(4)5)103-86(91)69-62-54-45-37-31-23-19-15-14-16-20-26-32-39-47-55-63-77(2)3/h77-83,88H,9-76H2,1-8H3,(H,93,94)(H,95,96)/t80?,81?,82-,83-/m1/s1. The second-order valence-corrected chi connectivity index (χ2v) is 35.9. The number of aliphatic hydroxyl groups excluding tert-OH is 1. The van der Waals surface area contributed by atoms with Gasteiger partial charge in [-0.25, -0.2) is 9.13 Å². The second kappa shape index (κ2) is 75.7. The number of unbranched alkanes of at least 4 members (excludes halogenated alkanes) is 49. The predicted molar refractivity (Wildman–Crippen MR) is 437 cm³/mol. The van der Waals surface area contributed by atoms with E-state index in [9.17, 15) is 43.2 Å². The van der Waals surface area contributed by atoms with Crippen LogP contribution < -0.4 is 0 Å². The Labute approximate surface area is 651 Å². The number of aliphatic hydroxyl groups is 1. The average molecular weight is 1550 g/mol. The molecule has 106 heavy (non-hydrogen) atoms. The summed E-state index contributed by atoms with van der Waals surface area (Å²) in [5.41, 5.74) is 0. The molecule has 0 amide bonds. The number of carbonyl (C=O) groups excluding carboxylic acids is 4. The monoisotopic (exact) mass is 1550 g/mol. The molecule has 0 saturated heterocycles. The molecule has 0 bridgehead atoms. The maximum absolute atomic E-state index is 13.1. The van der Waals surface area contributed by atoms with E-state index in [1.165, 1.54) is 250 Å². The molecule has 0 heterocycles. The summed E-state index contributed by atoms with van der Waals surface area (Å²) >= 11 is 0. The molecule has 0 aromatic rings. The van der Waals surface area contributed by atoms with Gasteiger partial charge < -0.3 is 33.8 Å². The Hall–Kier alpha value is -1.94. The van der Waals surface area contributed by atoms with Crippen LogP contribution >= 0.6 is 15.6 Å². The van der Waals surface area contributed by atoms with Crippen LogP contribution in [-0.4, -0.2) is 96.7 Å². The first-order chi connectivity index (χ1) is 51.1. The van der Waals surface area contributed by atoms with E-state index in [1.54, 1.807) is 0 Å². The second-order valence-electron chi connectivity index (χ2n) is 33.0. The molecule has 17 nitrogen and oxygen atoms in total. The third-order valence-electron chi connectivity index (χ3n) is 20.7. The number of phosphoric ester groups is 2. The van der Waals surface area contributed by atoms with Gasteiger partial charge in [-0.2, -0.15) is 0 Å². The van der Waals surface area contributed by atoms with E-state index in [2.05, 4.69) is 55.4 Å². The summed E-state index contributed by atoms with van der Waals surface area (Å²) in [5, 5.41) is 10.7. The number of carbonyl (C=O) groups is 4. The van der Waals surface area contributed by atoms with Crippen LogP contribution in [0.3, 0.4) is 0 Å². The van der Waals surface area contributed by atoms with Crippen LogP contribution in [0.1, 0.15) is 453 Å². The molecule has 0 rings (SSSR count). The molecule has 0 saturated carbocycles. The molecule has 0 aliphatic rings. The van der Waals surface area contributed by atoms with Crippen molar-refractivity contribution >= 4 is 39.5 Å². The Kier molecular flexibility index (Phi) is 74.3. The quantitative estimate of drug-likeness (QED) is 0.0222. The topological polar surface area (TPSA) is 237 Å². The van der Waals surface area contributed by atoms with Gasteiger partial charge in [0.2, 0.25) is 0 Å². The first kappa shape index (κ1) is 104. The zero-order chi connectivity index (χ0) is 78.1. The number of hydrogen-bond donors (Lipinski definition) is 3. The Morgan fingerprint density at radius 1 is 0.264 bits per heavy atom. The van der Waals surface area contributed by atoms with Gasteiger partial charge in [0.15, 0.2) is 12.2 Å². The third-order valence-corrected chi connectivity index (χ3v) is 22.6. The van der Waals surface area contributed by atoms with Crippen molar-refractivity contribution in [3.05, 3.63) is 0 Å². The van der Waals surface area contributed by atoms with E-state index < -0.39 is 97.5 Å². The molecular weight excluding hydrogens is 1380 g/mol. The molecule has 19 heteroatoms. The summed E-state index contributed by atoms with van der Waals surface area (Å²) in [5.74, 6) is 1.06. The predicted octanol–water partition coefficient (Wildman–Crippen LogP) is 26.3. The van der Waals surface area contributed by atoms with E-state index in [1.807, 2.05) is 0 Å². The van der Waals surface area contributed by atoms with Gasteiger partial charge >= 0.3 is 39.5 Å². The van der Waals surface area contributed by atoms with Crippen LogP contribution in [-0.2, 0) is 65.4 Å². The lowest BCUT2D eigenvalue weighted by molar-refractivity contribution is -0.161. The van der Waals surface area contributed by atoms with E-state index in [0.29, 0.717) is 31.6 Å². The van der Waals surface area contributed by atoms with Crippen molar-refractivity contribution in [2.45, 2.75) is 472 Å². The normalized spacial score (nSPS) is 14.2. The number of phosphoric acid groups is 2. The minimum atomic E-state index is -4.97. The van der Waals surface area contributed by atoms with E-state index in [-0.39, 0.29) is 25.7 Å². The third kappa shape index (κ3) is 78.7. The fourth-order valence-electron chi connectivity index (χ4n) is 13.5. The molecule has 0 aromatic heterocycles. The van der Waals surface area contributed by atoms with Gasteiger partial charge in [-0.1, -0.05) is 402 Å². The van der Waals surface area contributed by atoms with Crippen molar-refractivity contribution in [1.82, 2.24) is 0 Å². The van der Waals surface area contributed by atoms with Gasteiger partial charge in [-0.15, -0.1) is 0 Å². The summed E-state index contributed by atoms with van der Waals surface area (Å²) in [6.45, 7) is 14.3. The summed E-state index contributed by atoms with van der Waals surface area (Å²) < 4.78 is 68.9. The fourth-order valence-corrected chi connectivity index (χ4v) is 15.0. The Balaban J connectivity index is 5.20. The number of ether oxygens (including phenoxy) is 4. The SMILES string of the molecule is CCC(C)CCCCCCCCCCCCCCCCCCCCC(=O)O[C@H](COC(=O)CCCCCCCCCC(C)C)COP(=O)(O)OCC(O)COP(=O)(O)OC[C@@H](COC(=O)CCCCCCCCCCCCCCC(C)C)OC(=O)CCCCCCCCCCCCCCCCCCC(C)C. The first-order valence-electron chi connectivity index (χ1n) is 44.7. The summed E-state index contributed by atoms with van der Waals surface area (Å²) in [4.78, 5) is 73.2. The van der Waals surface area contributed by atoms with E-state index in [0.717, 1.165) is 114 Å². The fraction of sp³-hybridized carbons (Fsp3) is 0.954. The van der Waals surface area contributed by atoms with Gasteiger partial charge in [0.25, 0.3) is 0 Å². The van der Waals surface area contributed by atoms with Crippen LogP contribution in [0.2, 0.25) is 0 Å². The Morgan fingerprint density at radius 2 is 0.453 bits per heavy atom. The summed E-state index contributed by atoms with van der Waals surface area (Å²) in [6.07, 6.45) is 65.3. The highest BCUT2D eigenvalue weighted by Gasteiger charge is 2.31. The molecule has 630 valence electrons. The summed E-state index contributed by atoms with van der Waals surface area (Å²) in [7, 11) is -9.93. The molecule has 0 aliphatic carbocycles. The minimum absolute atomic E-state index is 0.107. The molecule has 0 fully saturated rings. The highest BCUT2D eigenvalue weighted by atomic mass is 31.2. The maximum atomic E-state index is 13.1. The van der Waals surface area contributed by atoms with Gasteiger partial charge in [-0.3, -0.25) is 37.3 Å². The molecule has 3 N–H and O–H groups in total. The van der Waals surface area contributed by atoms with E-state index >= 15 is 0 Å². The van der Waals surface area contributed by atoms with Gasteiger partial charge in [-0.05, 0) is 49.4 Å². The lowest BCUT2D eigenvalue weighted by Gasteiger charge is -2.21. The van der Waals surface area contributed by atoms with Crippen LogP contribution in [0.15, 0.2) is 0 Å². The van der Waals surface area contributed by atoms with Crippen LogP contribution in [0, 0.1) is 23.7 Å². The average Bonchev–Trinajstić information content (AvgIpc) is 0.900. The van der Waals surface area contributed by atoms with Crippen molar-refractivity contribution in [3.63, 3.8) is 0 Å². The van der Waals surface area contributed by atoms with Crippen LogP contribution in [0.5, 0.6) is 0 Å². The molecule has 4 unspecified atom stereocenters. The molecular formula is C87H170O17P2. The lowest BCUT2D eigenvalue weighted by atomic mass is 9.99.